The van der Waals surface area contributed by atoms with Crippen LogP contribution < -0.4 is 5.56 Å². The molecule has 1 amide bonds. The van der Waals surface area contributed by atoms with Crippen molar-refractivity contribution < 1.29 is 14.6 Å². The van der Waals surface area contributed by atoms with Gasteiger partial charge in [0.1, 0.15) is 5.69 Å². The van der Waals surface area contributed by atoms with Crippen molar-refractivity contribution in [3.63, 3.8) is 0 Å². The van der Waals surface area contributed by atoms with E-state index in [1.54, 1.807) is 17.0 Å². The third kappa shape index (κ3) is 3.21. The molecule has 1 fully saturated rings. The van der Waals surface area contributed by atoms with E-state index in [4.69, 9.17) is 4.74 Å². The molecule has 1 saturated heterocycles. The molecule has 1 aromatic rings. The van der Waals surface area contributed by atoms with E-state index >= 15 is 0 Å². The van der Waals surface area contributed by atoms with Crippen molar-refractivity contribution in [2.75, 3.05) is 19.7 Å². The summed E-state index contributed by atoms with van der Waals surface area (Å²) in [6, 6.07) is 4.47. The summed E-state index contributed by atoms with van der Waals surface area (Å²) >= 11 is 0. The molecule has 1 atom stereocenters. The number of nitrogens with one attached hydrogen (secondary N) is 1. The lowest BCUT2D eigenvalue weighted by Crippen LogP contribution is -2.55. The van der Waals surface area contributed by atoms with Crippen molar-refractivity contribution in [2.24, 2.45) is 0 Å². The molecule has 19 heavy (non-hydrogen) atoms. The molecular weight excluding hydrogens is 248 g/mol. The Morgan fingerprint density at radius 2 is 2.32 bits per heavy atom. The number of nitrogens with zero attached hydrogens (tertiary/aromatic N) is 1. The van der Waals surface area contributed by atoms with Crippen LogP contribution in [-0.4, -0.2) is 52.3 Å². The summed E-state index contributed by atoms with van der Waals surface area (Å²) in [4.78, 5) is 27.7. The highest BCUT2D eigenvalue weighted by molar-refractivity contribution is 5.92. The van der Waals surface area contributed by atoms with Crippen LogP contribution in [0.15, 0.2) is 23.0 Å². The Hall–Kier alpha value is -1.66. The fraction of sp³-hybridized carbons (Fsp3) is 0.538. The van der Waals surface area contributed by atoms with E-state index in [1.807, 2.05) is 13.8 Å². The van der Waals surface area contributed by atoms with Crippen LogP contribution >= 0.6 is 0 Å². The van der Waals surface area contributed by atoms with E-state index in [0.29, 0.717) is 13.1 Å². The molecule has 1 aliphatic heterocycles. The van der Waals surface area contributed by atoms with Crippen LogP contribution in [0.1, 0.15) is 24.3 Å². The van der Waals surface area contributed by atoms with E-state index in [1.165, 1.54) is 6.07 Å². The molecule has 0 spiro atoms. The zero-order valence-electron chi connectivity index (χ0n) is 11.0. The predicted octanol–water partition coefficient (Wildman–Crippen LogP) is -0.0132. The minimum absolute atomic E-state index is 0.140. The van der Waals surface area contributed by atoms with Gasteiger partial charge < -0.3 is 19.7 Å². The van der Waals surface area contributed by atoms with Gasteiger partial charge in [-0.3, -0.25) is 9.59 Å². The highest BCUT2D eigenvalue weighted by Crippen LogP contribution is 2.21. The molecule has 6 heteroatoms. The summed E-state index contributed by atoms with van der Waals surface area (Å²) < 4.78 is 5.65. The van der Waals surface area contributed by atoms with E-state index in [-0.39, 0.29) is 23.8 Å². The van der Waals surface area contributed by atoms with Crippen molar-refractivity contribution in [3.8, 4) is 0 Å². The van der Waals surface area contributed by atoms with Crippen LogP contribution in [0.4, 0.5) is 0 Å². The molecule has 1 aromatic heterocycles. The average molecular weight is 266 g/mol. The summed E-state index contributed by atoms with van der Waals surface area (Å²) in [5.41, 5.74) is -0.574. The van der Waals surface area contributed by atoms with E-state index < -0.39 is 11.7 Å². The highest BCUT2D eigenvalue weighted by Gasteiger charge is 2.35. The fourth-order valence-electron chi connectivity index (χ4n) is 2.29. The molecular formula is C13H18N2O4. The second kappa shape index (κ2) is 5.14. The van der Waals surface area contributed by atoms with Crippen LogP contribution in [0.3, 0.4) is 0 Å². The van der Waals surface area contributed by atoms with Crippen LogP contribution in [0.5, 0.6) is 0 Å². The second-order valence-electron chi connectivity index (χ2n) is 5.30. The van der Waals surface area contributed by atoms with Gasteiger partial charge in [-0.05, 0) is 19.9 Å². The van der Waals surface area contributed by atoms with Gasteiger partial charge in [-0.15, -0.1) is 0 Å². The minimum atomic E-state index is -0.517. The largest absolute Gasteiger partial charge is 0.394 e. The van der Waals surface area contributed by atoms with E-state index in [9.17, 15) is 14.7 Å². The summed E-state index contributed by atoms with van der Waals surface area (Å²) in [7, 11) is 0. The Balaban J connectivity index is 2.21. The summed E-state index contributed by atoms with van der Waals surface area (Å²) in [5.74, 6) is -0.257. The quantitative estimate of drug-likeness (QED) is 0.788. The number of amides is 1. The lowest BCUT2D eigenvalue weighted by molar-refractivity contribution is -0.139. The topological polar surface area (TPSA) is 82.6 Å². The first-order chi connectivity index (χ1) is 8.91. The Labute approximate surface area is 111 Å². The number of aliphatic hydroxyl groups excluding tert-OH is 1. The zero-order valence-corrected chi connectivity index (χ0v) is 11.0. The molecule has 0 bridgehead atoms. The SMILES string of the molecule is CC1(C)CN(C(=O)c2cccc(=O)[nH]2)CC(CO)O1. The van der Waals surface area contributed by atoms with Crippen molar-refractivity contribution in [1.82, 2.24) is 9.88 Å². The van der Waals surface area contributed by atoms with Crippen LogP contribution in [0.2, 0.25) is 0 Å². The lowest BCUT2D eigenvalue weighted by Gasteiger charge is -2.42. The normalized spacial score (nSPS) is 22.3. The molecule has 1 unspecified atom stereocenters. The van der Waals surface area contributed by atoms with Gasteiger partial charge in [0.25, 0.3) is 5.91 Å². The highest BCUT2D eigenvalue weighted by atomic mass is 16.5. The third-order valence-electron chi connectivity index (χ3n) is 2.97. The summed E-state index contributed by atoms with van der Waals surface area (Å²) in [5, 5.41) is 9.22. The van der Waals surface area contributed by atoms with Gasteiger partial charge in [0.15, 0.2) is 0 Å². The first-order valence-corrected chi connectivity index (χ1v) is 6.18. The molecule has 6 nitrogen and oxygen atoms in total. The van der Waals surface area contributed by atoms with Crippen molar-refractivity contribution in [1.29, 1.82) is 0 Å². The summed E-state index contributed by atoms with van der Waals surface area (Å²) in [6.45, 7) is 4.32. The maximum atomic E-state index is 12.3. The van der Waals surface area contributed by atoms with Gasteiger partial charge in [0, 0.05) is 19.2 Å². The number of pyridine rings is 1. The standard InChI is InChI=1S/C13H18N2O4/c1-13(2)8-15(6-9(7-16)19-13)12(18)10-4-3-5-11(17)14-10/h3-5,9,16H,6-8H2,1-2H3,(H,14,17). The predicted molar refractivity (Wildman–Crippen MR) is 69.0 cm³/mol. The van der Waals surface area contributed by atoms with Gasteiger partial charge >= 0.3 is 0 Å². The maximum absolute atomic E-state index is 12.3. The van der Waals surface area contributed by atoms with Crippen molar-refractivity contribution in [3.05, 3.63) is 34.2 Å². The number of hydrogen-bond acceptors (Lipinski definition) is 4. The van der Waals surface area contributed by atoms with Crippen molar-refractivity contribution >= 4 is 5.91 Å². The summed E-state index contributed by atoms with van der Waals surface area (Å²) in [6.07, 6.45) is -0.400. The molecule has 2 rings (SSSR count). The Morgan fingerprint density at radius 1 is 1.58 bits per heavy atom. The van der Waals surface area contributed by atoms with Crippen LogP contribution in [0, 0.1) is 0 Å². The van der Waals surface area contributed by atoms with E-state index in [2.05, 4.69) is 4.98 Å². The van der Waals surface area contributed by atoms with Crippen LogP contribution in [-0.2, 0) is 4.74 Å². The number of hydrogen-bond donors (Lipinski definition) is 2. The number of rotatable bonds is 2. The zero-order chi connectivity index (χ0) is 14.0. The Bertz CT molecular complexity index is 523. The monoisotopic (exact) mass is 266 g/mol. The molecule has 0 radical (unpaired) electrons. The van der Waals surface area contributed by atoms with Gasteiger partial charge in [-0.1, -0.05) is 6.07 Å². The number of carbonyl (C=O) groups is 1. The molecule has 0 saturated carbocycles. The molecule has 0 aliphatic carbocycles. The Morgan fingerprint density at radius 3 is 2.95 bits per heavy atom. The molecule has 0 aromatic carbocycles. The van der Waals surface area contributed by atoms with Gasteiger partial charge in [-0.25, -0.2) is 0 Å². The van der Waals surface area contributed by atoms with E-state index in [0.717, 1.165) is 0 Å². The minimum Gasteiger partial charge on any atom is -0.394 e. The number of carbonyl (C=O) groups excluding carboxylic acids is 1. The fourth-order valence-corrected chi connectivity index (χ4v) is 2.29. The van der Waals surface area contributed by atoms with Crippen molar-refractivity contribution in [2.45, 2.75) is 25.6 Å². The van der Waals surface area contributed by atoms with Crippen LogP contribution in [0.25, 0.3) is 0 Å². The third-order valence-corrected chi connectivity index (χ3v) is 2.97. The molecule has 2 N–H and O–H groups in total. The van der Waals surface area contributed by atoms with Gasteiger partial charge in [0.2, 0.25) is 5.56 Å². The number of H-pyrrole nitrogens is 1. The number of aromatic nitrogens is 1. The smallest absolute Gasteiger partial charge is 0.270 e. The first-order valence-electron chi connectivity index (χ1n) is 6.18. The van der Waals surface area contributed by atoms with Gasteiger partial charge in [-0.2, -0.15) is 0 Å². The second-order valence-corrected chi connectivity index (χ2v) is 5.30. The lowest BCUT2D eigenvalue weighted by atomic mass is 10.0. The molecule has 1 aliphatic rings. The average Bonchev–Trinajstić information content (AvgIpc) is 2.36. The number of aromatic amines is 1. The number of morpholine rings is 1. The van der Waals surface area contributed by atoms with Gasteiger partial charge in [0.05, 0.1) is 18.3 Å². The number of ether oxygens (including phenoxy) is 1. The Kier molecular flexibility index (Phi) is 3.73. The molecule has 2 heterocycles. The number of aliphatic hydroxyl groups is 1. The molecule has 104 valence electrons. The first kappa shape index (κ1) is 13.8. The maximum Gasteiger partial charge on any atom is 0.270 e.